The van der Waals surface area contributed by atoms with Gasteiger partial charge in [-0.05, 0) is 49.9 Å². The molecule has 1 N–H and O–H groups in total. The monoisotopic (exact) mass is 260 g/mol. The van der Waals surface area contributed by atoms with E-state index in [0.29, 0.717) is 12.3 Å². The second kappa shape index (κ2) is 5.85. The predicted molar refractivity (Wildman–Crippen MR) is 68.7 cm³/mol. The predicted octanol–water partition coefficient (Wildman–Crippen LogP) is 4.39. The molecule has 2 aliphatic carbocycles. The van der Waals surface area contributed by atoms with Gasteiger partial charge in [0, 0.05) is 12.8 Å². The summed E-state index contributed by atoms with van der Waals surface area (Å²) >= 11 is 0. The second-order valence-electron chi connectivity index (χ2n) is 6.47. The van der Waals surface area contributed by atoms with E-state index in [9.17, 15) is 13.9 Å². The third-order valence-corrected chi connectivity index (χ3v) is 5.01. The average Bonchev–Trinajstić information content (AvgIpc) is 2.31. The maximum absolute atomic E-state index is 13.4. The molecule has 2 fully saturated rings. The van der Waals surface area contributed by atoms with E-state index in [4.69, 9.17) is 0 Å². The lowest BCUT2D eigenvalue weighted by Gasteiger charge is -2.37. The number of aliphatic hydroxyl groups is 1. The number of halogens is 2. The van der Waals surface area contributed by atoms with Gasteiger partial charge in [0.15, 0.2) is 0 Å². The Labute approximate surface area is 109 Å². The fourth-order valence-corrected chi connectivity index (χ4v) is 3.87. The lowest BCUT2D eigenvalue weighted by atomic mass is 9.72. The minimum Gasteiger partial charge on any atom is -0.393 e. The maximum Gasteiger partial charge on any atom is 0.248 e. The molecule has 0 aliphatic heterocycles. The van der Waals surface area contributed by atoms with Crippen molar-refractivity contribution in [1.29, 1.82) is 0 Å². The van der Waals surface area contributed by atoms with Crippen molar-refractivity contribution in [2.45, 2.75) is 76.7 Å². The lowest BCUT2D eigenvalue weighted by Crippen LogP contribution is -2.33. The molecule has 0 aromatic rings. The number of rotatable bonds is 3. The molecule has 2 rings (SSSR count). The largest absolute Gasteiger partial charge is 0.393 e. The second-order valence-corrected chi connectivity index (χ2v) is 6.47. The summed E-state index contributed by atoms with van der Waals surface area (Å²) in [5.74, 6) is -1.36. The summed E-state index contributed by atoms with van der Waals surface area (Å²) in [7, 11) is 0. The van der Waals surface area contributed by atoms with E-state index in [1.165, 1.54) is 0 Å². The van der Waals surface area contributed by atoms with Gasteiger partial charge >= 0.3 is 0 Å². The van der Waals surface area contributed by atoms with Gasteiger partial charge in [0.2, 0.25) is 5.92 Å². The first kappa shape index (κ1) is 14.2. The first-order chi connectivity index (χ1) is 8.50. The zero-order chi connectivity index (χ0) is 13.2. The molecule has 4 atom stereocenters. The van der Waals surface area contributed by atoms with Crippen LogP contribution in [0.15, 0.2) is 0 Å². The van der Waals surface area contributed by atoms with Crippen LogP contribution in [0.3, 0.4) is 0 Å². The Kier molecular flexibility index (Phi) is 4.63. The van der Waals surface area contributed by atoms with Gasteiger partial charge in [-0.25, -0.2) is 8.78 Å². The molecule has 2 aliphatic rings. The highest BCUT2D eigenvalue weighted by molar-refractivity contribution is 4.85. The van der Waals surface area contributed by atoms with Crippen LogP contribution in [0.1, 0.15) is 64.7 Å². The third kappa shape index (κ3) is 3.66. The highest BCUT2D eigenvalue weighted by Crippen LogP contribution is 2.42. The normalized spacial score (nSPS) is 40.7. The van der Waals surface area contributed by atoms with Crippen LogP contribution in [-0.4, -0.2) is 17.1 Å². The van der Waals surface area contributed by atoms with Crippen molar-refractivity contribution in [3.63, 3.8) is 0 Å². The standard InChI is InChI=1S/C15H26F2O/c1-2-11-5-6-14(18)13(8-11)9-12-4-3-7-15(16,17)10-12/h11-14,18H,2-10H2,1H3. The Morgan fingerprint density at radius 2 is 1.94 bits per heavy atom. The summed E-state index contributed by atoms with van der Waals surface area (Å²) in [5, 5.41) is 10.1. The van der Waals surface area contributed by atoms with E-state index >= 15 is 0 Å². The zero-order valence-corrected chi connectivity index (χ0v) is 11.4. The van der Waals surface area contributed by atoms with Crippen LogP contribution < -0.4 is 0 Å². The molecule has 0 aromatic carbocycles. The van der Waals surface area contributed by atoms with Crippen LogP contribution in [-0.2, 0) is 0 Å². The summed E-state index contributed by atoms with van der Waals surface area (Å²) in [6.07, 6.45) is 6.43. The van der Waals surface area contributed by atoms with Crippen LogP contribution in [0, 0.1) is 17.8 Å². The Hall–Kier alpha value is -0.180. The molecule has 4 unspecified atom stereocenters. The number of aliphatic hydroxyl groups excluding tert-OH is 1. The van der Waals surface area contributed by atoms with Gasteiger partial charge < -0.3 is 5.11 Å². The van der Waals surface area contributed by atoms with E-state index < -0.39 is 5.92 Å². The molecule has 0 bridgehead atoms. The number of hydrogen-bond donors (Lipinski definition) is 1. The number of alkyl halides is 2. The van der Waals surface area contributed by atoms with Crippen molar-refractivity contribution in [3.8, 4) is 0 Å². The molecular formula is C15H26F2O. The molecule has 0 spiro atoms. The van der Waals surface area contributed by atoms with Crippen molar-refractivity contribution < 1.29 is 13.9 Å². The van der Waals surface area contributed by atoms with Gasteiger partial charge in [0.25, 0.3) is 0 Å². The van der Waals surface area contributed by atoms with Crippen molar-refractivity contribution in [3.05, 3.63) is 0 Å². The molecule has 0 heterocycles. The Bertz CT molecular complexity index is 267. The van der Waals surface area contributed by atoms with Gasteiger partial charge in [-0.2, -0.15) is 0 Å². The minimum atomic E-state index is -2.45. The van der Waals surface area contributed by atoms with Crippen LogP contribution >= 0.6 is 0 Å². The maximum atomic E-state index is 13.4. The van der Waals surface area contributed by atoms with Crippen molar-refractivity contribution in [2.24, 2.45) is 17.8 Å². The van der Waals surface area contributed by atoms with E-state index in [0.717, 1.165) is 38.5 Å². The van der Waals surface area contributed by atoms with Gasteiger partial charge in [0.1, 0.15) is 0 Å². The van der Waals surface area contributed by atoms with Gasteiger partial charge in [-0.1, -0.05) is 19.8 Å². The average molecular weight is 260 g/mol. The Morgan fingerprint density at radius 3 is 2.61 bits per heavy atom. The van der Waals surface area contributed by atoms with E-state index in [1.54, 1.807) is 0 Å². The van der Waals surface area contributed by atoms with Gasteiger partial charge in [-0.3, -0.25) is 0 Å². The summed E-state index contributed by atoms with van der Waals surface area (Å²) in [6.45, 7) is 2.19. The summed E-state index contributed by atoms with van der Waals surface area (Å²) in [6, 6.07) is 0. The SMILES string of the molecule is CCC1CCC(O)C(CC2CCCC(F)(F)C2)C1. The molecule has 0 saturated heterocycles. The molecule has 3 heteroatoms. The van der Waals surface area contributed by atoms with Crippen LogP contribution in [0.4, 0.5) is 8.78 Å². The quantitative estimate of drug-likeness (QED) is 0.798. The fourth-order valence-electron chi connectivity index (χ4n) is 3.87. The van der Waals surface area contributed by atoms with Gasteiger partial charge in [-0.15, -0.1) is 0 Å². The van der Waals surface area contributed by atoms with Crippen LogP contribution in [0.5, 0.6) is 0 Å². The zero-order valence-electron chi connectivity index (χ0n) is 11.4. The first-order valence-corrected chi connectivity index (χ1v) is 7.56. The highest BCUT2D eigenvalue weighted by atomic mass is 19.3. The molecule has 1 nitrogen and oxygen atoms in total. The Morgan fingerprint density at radius 1 is 1.17 bits per heavy atom. The minimum absolute atomic E-state index is 0.0486. The van der Waals surface area contributed by atoms with Gasteiger partial charge in [0.05, 0.1) is 6.10 Å². The molecule has 2 saturated carbocycles. The molecular weight excluding hydrogens is 234 g/mol. The molecule has 0 radical (unpaired) electrons. The van der Waals surface area contributed by atoms with Crippen LogP contribution in [0.2, 0.25) is 0 Å². The van der Waals surface area contributed by atoms with Crippen molar-refractivity contribution in [1.82, 2.24) is 0 Å². The first-order valence-electron chi connectivity index (χ1n) is 7.56. The molecule has 106 valence electrons. The lowest BCUT2D eigenvalue weighted by molar-refractivity contribution is -0.0622. The fraction of sp³-hybridized carbons (Fsp3) is 1.00. The summed E-state index contributed by atoms with van der Waals surface area (Å²) in [5.41, 5.74) is 0. The number of hydrogen-bond acceptors (Lipinski definition) is 1. The van der Waals surface area contributed by atoms with E-state index in [-0.39, 0.29) is 30.8 Å². The summed E-state index contributed by atoms with van der Waals surface area (Å²) in [4.78, 5) is 0. The van der Waals surface area contributed by atoms with Crippen molar-refractivity contribution in [2.75, 3.05) is 0 Å². The summed E-state index contributed by atoms with van der Waals surface area (Å²) < 4.78 is 26.8. The van der Waals surface area contributed by atoms with E-state index in [1.807, 2.05) is 0 Å². The molecule has 18 heavy (non-hydrogen) atoms. The Balaban J connectivity index is 1.87. The third-order valence-electron chi connectivity index (χ3n) is 5.01. The smallest absolute Gasteiger partial charge is 0.248 e. The highest BCUT2D eigenvalue weighted by Gasteiger charge is 2.38. The van der Waals surface area contributed by atoms with E-state index in [2.05, 4.69) is 6.92 Å². The van der Waals surface area contributed by atoms with Crippen LogP contribution in [0.25, 0.3) is 0 Å². The topological polar surface area (TPSA) is 20.2 Å². The molecule has 0 amide bonds. The van der Waals surface area contributed by atoms with Crippen molar-refractivity contribution >= 4 is 0 Å². The molecule has 0 aromatic heterocycles.